The topological polar surface area (TPSA) is 92.6 Å². The number of hydrogen-bond donors (Lipinski definition) is 1. The fourth-order valence-corrected chi connectivity index (χ4v) is 8.04. The lowest BCUT2D eigenvalue weighted by Gasteiger charge is -2.43. The number of nitro groups is 1. The molecule has 0 aromatic heterocycles. The normalized spacial score (nSPS) is 48.4. The van der Waals surface area contributed by atoms with Crippen LogP contribution in [0.15, 0.2) is 48.6 Å². The number of allylic oxidation sites excluding steroid dienone is 4. The maximum Gasteiger partial charge on any atom is 0.269 e. The summed E-state index contributed by atoms with van der Waals surface area (Å²) in [4.78, 5) is 37.6. The Bertz CT molecular complexity index is 960. The standard InChI is InChI=1S/C20H15N3O4/c24-17-19-11-5-6-12-15(11)16-13(19)7-8-14(16)20(12,19)18(25)22(17)21-9-1-3-10(4-2-9)23(26)27/h1-8,11-16,21H. The number of nitrogens with one attached hydrogen (secondary N) is 1. The zero-order valence-electron chi connectivity index (χ0n) is 14.1. The Morgan fingerprint density at radius 2 is 1.30 bits per heavy atom. The van der Waals surface area contributed by atoms with Crippen LogP contribution in [0.3, 0.4) is 0 Å². The molecule has 4 saturated carbocycles. The highest BCUT2D eigenvalue weighted by Crippen LogP contribution is 2.91. The molecule has 6 aliphatic carbocycles. The number of imide groups is 1. The maximum absolute atomic E-state index is 13.6. The van der Waals surface area contributed by atoms with E-state index in [0.29, 0.717) is 17.5 Å². The number of rotatable bonds is 3. The first-order valence-corrected chi connectivity index (χ1v) is 9.31. The van der Waals surface area contributed by atoms with Gasteiger partial charge in [-0.2, -0.15) is 5.01 Å². The minimum atomic E-state index is -0.619. The third-order valence-electron chi connectivity index (χ3n) is 8.38. The van der Waals surface area contributed by atoms with Gasteiger partial charge in [0.15, 0.2) is 0 Å². The van der Waals surface area contributed by atoms with Gasteiger partial charge in [0.1, 0.15) is 0 Å². The monoisotopic (exact) mass is 361 g/mol. The largest absolute Gasteiger partial charge is 0.289 e. The molecular weight excluding hydrogens is 346 g/mol. The molecule has 7 nitrogen and oxygen atoms in total. The second-order valence-electron chi connectivity index (χ2n) is 8.63. The second-order valence-corrected chi connectivity index (χ2v) is 8.63. The Morgan fingerprint density at radius 3 is 1.70 bits per heavy atom. The molecule has 7 heteroatoms. The molecule has 4 unspecified atom stereocenters. The van der Waals surface area contributed by atoms with E-state index in [1.807, 2.05) is 0 Å². The fourth-order valence-electron chi connectivity index (χ4n) is 8.04. The van der Waals surface area contributed by atoms with Gasteiger partial charge < -0.3 is 0 Å². The molecule has 1 aromatic rings. The van der Waals surface area contributed by atoms with Crippen molar-refractivity contribution in [2.24, 2.45) is 46.3 Å². The summed E-state index contributed by atoms with van der Waals surface area (Å²) in [6, 6.07) is 5.80. The average molecular weight is 361 g/mol. The molecule has 27 heavy (non-hydrogen) atoms. The molecule has 0 radical (unpaired) electrons. The highest BCUT2D eigenvalue weighted by atomic mass is 16.6. The number of nitrogens with zero attached hydrogens (tertiary/aromatic N) is 2. The van der Waals surface area contributed by atoms with E-state index in [2.05, 4.69) is 29.7 Å². The Morgan fingerprint density at radius 1 is 0.852 bits per heavy atom. The van der Waals surface area contributed by atoms with E-state index in [-0.39, 0.29) is 41.2 Å². The van der Waals surface area contributed by atoms with Crippen molar-refractivity contribution in [1.29, 1.82) is 0 Å². The lowest BCUT2D eigenvalue weighted by molar-refractivity contribution is -0.384. The van der Waals surface area contributed by atoms with Crippen molar-refractivity contribution in [1.82, 2.24) is 5.01 Å². The van der Waals surface area contributed by atoms with Gasteiger partial charge >= 0.3 is 0 Å². The summed E-state index contributed by atoms with van der Waals surface area (Å²) in [6.07, 6.45) is 8.71. The van der Waals surface area contributed by atoms with E-state index in [9.17, 15) is 19.7 Å². The number of non-ortho nitro benzene ring substituents is 1. The maximum atomic E-state index is 13.6. The highest BCUT2D eigenvalue weighted by Gasteiger charge is 2.96. The van der Waals surface area contributed by atoms with Crippen molar-refractivity contribution in [2.75, 3.05) is 5.43 Å². The first-order chi connectivity index (χ1) is 13.0. The van der Waals surface area contributed by atoms with Gasteiger partial charge in [-0.05, 0) is 47.6 Å². The second kappa shape index (κ2) is 3.83. The summed E-state index contributed by atoms with van der Waals surface area (Å²) >= 11 is 0. The minimum Gasteiger partial charge on any atom is -0.289 e. The first kappa shape index (κ1) is 14.1. The average Bonchev–Trinajstić information content (AvgIpc) is 3.46. The van der Waals surface area contributed by atoms with Gasteiger partial charge in [-0.15, -0.1) is 0 Å². The van der Waals surface area contributed by atoms with Gasteiger partial charge in [0.25, 0.3) is 17.5 Å². The van der Waals surface area contributed by atoms with Crippen LogP contribution in [0, 0.1) is 56.5 Å². The number of benzene rings is 1. The number of hydrazine groups is 1. The molecule has 4 atom stereocenters. The van der Waals surface area contributed by atoms with Gasteiger partial charge in [0, 0.05) is 12.1 Å². The first-order valence-electron chi connectivity index (χ1n) is 9.31. The molecule has 134 valence electrons. The number of anilines is 1. The molecule has 2 amide bonds. The fraction of sp³-hybridized carbons (Fsp3) is 0.400. The molecule has 8 bridgehead atoms. The molecule has 1 heterocycles. The van der Waals surface area contributed by atoms with Crippen LogP contribution in [0.2, 0.25) is 0 Å². The highest BCUT2D eigenvalue weighted by molar-refractivity contribution is 6.14. The van der Waals surface area contributed by atoms with Crippen LogP contribution < -0.4 is 5.43 Å². The van der Waals surface area contributed by atoms with E-state index in [4.69, 9.17) is 0 Å². The van der Waals surface area contributed by atoms with Crippen molar-refractivity contribution in [3.05, 3.63) is 58.7 Å². The Balaban J connectivity index is 1.33. The lowest BCUT2D eigenvalue weighted by atomic mass is 9.54. The summed E-state index contributed by atoms with van der Waals surface area (Å²) in [5.74, 6) is 1.29. The SMILES string of the molecule is O=C1N(Nc2ccc([N+](=O)[O-])cc2)C(=O)C23C4C=CC5C4C4C(C=CC42)C153. The number of hydrogen-bond acceptors (Lipinski definition) is 5. The van der Waals surface area contributed by atoms with Crippen molar-refractivity contribution in [2.45, 2.75) is 0 Å². The van der Waals surface area contributed by atoms with Crippen LogP contribution in [0.5, 0.6) is 0 Å². The van der Waals surface area contributed by atoms with E-state index in [1.54, 1.807) is 0 Å². The van der Waals surface area contributed by atoms with Crippen molar-refractivity contribution in [3.63, 3.8) is 0 Å². The summed E-state index contributed by atoms with van der Waals surface area (Å²) in [6.45, 7) is 0. The molecule has 1 aliphatic heterocycles. The van der Waals surface area contributed by atoms with Gasteiger partial charge in [-0.25, -0.2) is 0 Å². The Hall–Kier alpha value is -2.96. The number of carbonyl (C=O) groups is 2. The molecule has 5 fully saturated rings. The molecule has 1 aromatic carbocycles. The van der Waals surface area contributed by atoms with Gasteiger partial charge in [-0.3, -0.25) is 25.1 Å². The molecule has 8 rings (SSSR count). The van der Waals surface area contributed by atoms with Crippen LogP contribution in [-0.4, -0.2) is 21.7 Å². The predicted octanol–water partition coefficient (Wildman–Crippen LogP) is 2.14. The summed E-state index contributed by atoms with van der Waals surface area (Å²) in [5, 5.41) is 12.0. The third kappa shape index (κ3) is 1.06. The van der Waals surface area contributed by atoms with Crippen LogP contribution in [-0.2, 0) is 9.59 Å². The molecule has 1 N–H and O–H groups in total. The smallest absolute Gasteiger partial charge is 0.269 e. The van der Waals surface area contributed by atoms with Gasteiger partial charge in [-0.1, -0.05) is 24.3 Å². The molecule has 1 saturated heterocycles. The van der Waals surface area contributed by atoms with Crippen molar-refractivity contribution >= 4 is 23.2 Å². The van der Waals surface area contributed by atoms with Gasteiger partial charge in [0.2, 0.25) is 0 Å². The van der Waals surface area contributed by atoms with E-state index in [1.165, 1.54) is 29.3 Å². The number of nitro benzene ring substituents is 1. The number of amides is 2. The van der Waals surface area contributed by atoms with E-state index < -0.39 is 15.8 Å². The van der Waals surface area contributed by atoms with Crippen molar-refractivity contribution in [3.8, 4) is 0 Å². The van der Waals surface area contributed by atoms with Crippen molar-refractivity contribution < 1.29 is 14.5 Å². The predicted molar refractivity (Wildman–Crippen MR) is 92.7 cm³/mol. The van der Waals surface area contributed by atoms with Gasteiger partial charge in [0.05, 0.1) is 21.4 Å². The van der Waals surface area contributed by atoms with Crippen LogP contribution in [0.4, 0.5) is 11.4 Å². The van der Waals surface area contributed by atoms with Crippen LogP contribution in [0.25, 0.3) is 0 Å². The Labute approximate surface area is 153 Å². The quantitative estimate of drug-likeness (QED) is 0.385. The third-order valence-corrected chi connectivity index (χ3v) is 8.38. The van der Waals surface area contributed by atoms with E-state index in [0.717, 1.165) is 0 Å². The number of carbonyl (C=O) groups excluding carboxylic acids is 2. The molecule has 2 spiro atoms. The summed E-state index contributed by atoms with van der Waals surface area (Å²) in [7, 11) is 0. The van der Waals surface area contributed by atoms with Crippen LogP contribution >= 0.6 is 0 Å². The van der Waals surface area contributed by atoms with Crippen LogP contribution in [0.1, 0.15) is 0 Å². The zero-order chi connectivity index (χ0) is 18.3. The Kier molecular flexibility index (Phi) is 2.01. The van der Waals surface area contributed by atoms with E-state index >= 15 is 0 Å². The summed E-state index contributed by atoms with van der Waals surface area (Å²) < 4.78 is 0. The minimum absolute atomic E-state index is 0.0290. The zero-order valence-corrected chi connectivity index (χ0v) is 14.1. The summed E-state index contributed by atoms with van der Waals surface area (Å²) in [5.41, 5.74) is 2.19. The lowest BCUT2D eigenvalue weighted by Crippen LogP contribution is -2.50. The molecular formula is C20H15N3O4. The molecule has 7 aliphatic rings.